The predicted octanol–water partition coefficient (Wildman–Crippen LogP) is 5.43. The number of fused-ring (bicyclic) bond motifs is 1. The standard InChI is InChI=1S/C23H22FNO3S/c1-14-21(25-23(29-14)19-5-3-4-6-20(19)24)11-12-27-17-8-9-18-16(13-17)7-10-22(18)28-15(2)26/h3-6,8-9,13,22H,7,10-12H2,1-2H3. The lowest BCUT2D eigenvalue weighted by molar-refractivity contribution is -0.146. The quantitative estimate of drug-likeness (QED) is 0.508. The average Bonchev–Trinajstić information content (AvgIpc) is 3.25. The Bertz CT molecular complexity index is 1050. The van der Waals surface area contributed by atoms with E-state index in [0.29, 0.717) is 23.6 Å². The summed E-state index contributed by atoms with van der Waals surface area (Å²) in [6.07, 6.45) is 2.20. The molecule has 4 nitrogen and oxygen atoms in total. The first-order valence-electron chi connectivity index (χ1n) is 9.65. The van der Waals surface area contributed by atoms with Crippen LogP contribution in [-0.2, 0) is 22.4 Å². The summed E-state index contributed by atoms with van der Waals surface area (Å²) in [6.45, 7) is 3.93. The van der Waals surface area contributed by atoms with Gasteiger partial charge in [0.05, 0.1) is 12.3 Å². The molecule has 4 rings (SSSR count). The first kappa shape index (κ1) is 19.6. The van der Waals surface area contributed by atoms with Gasteiger partial charge in [0.1, 0.15) is 22.7 Å². The van der Waals surface area contributed by atoms with E-state index in [4.69, 9.17) is 9.47 Å². The molecule has 0 fully saturated rings. The van der Waals surface area contributed by atoms with Crippen molar-refractivity contribution in [1.82, 2.24) is 4.98 Å². The molecular formula is C23H22FNO3S. The van der Waals surface area contributed by atoms with Crippen molar-refractivity contribution in [2.75, 3.05) is 6.61 Å². The third kappa shape index (κ3) is 4.32. The first-order chi connectivity index (χ1) is 14.0. The van der Waals surface area contributed by atoms with Gasteiger partial charge in [0.15, 0.2) is 0 Å². The van der Waals surface area contributed by atoms with E-state index >= 15 is 0 Å². The van der Waals surface area contributed by atoms with Crippen LogP contribution in [0.25, 0.3) is 10.6 Å². The van der Waals surface area contributed by atoms with Gasteiger partial charge in [-0.05, 0) is 55.2 Å². The van der Waals surface area contributed by atoms with E-state index in [1.165, 1.54) is 29.9 Å². The Hall–Kier alpha value is -2.73. The highest BCUT2D eigenvalue weighted by molar-refractivity contribution is 7.15. The van der Waals surface area contributed by atoms with Gasteiger partial charge >= 0.3 is 5.97 Å². The Labute approximate surface area is 173 Å². The van der Waals surface area contributed by atoms with Gasteiger partial charge in [0.25, 0.3) is 0 Å². The number of hydrogen-bond donors (Lipinski definition) is 0. The van der Waals surface area contributed by atoms with Gasteiger partial charge in [-0.2, -0.15) is 0 Å². The minimum atomic E-state index is -0.255. The molecule has 1 aliphatic rings. The molecule has 1 unspecified atom stereocenters. The molecule has 0 N–H and O–H groups in total. The molecule has 6 heteroatoms. The van der Waals surface area contributed by atoms with Crippen molar-refractivity contribution in [1.29, 1.82) is 0 Å². The molecule has 0 saturated carbocycles. The fraction of sp³-hybridized carbons (Fsp3) is 0.304. The van der Waals surface area contributed by atoms with Gasteiger partial charge in [0, 0.05) is 23.8 Å². The summed E-state index contributed by atoms with van der Waals surface area (Å²) in [5.74, 6) is 0.292. The number of aromatic nitrogens is 1. The summed E-state index contributed by atoms with van der Waals surface area (Å²) in [4.78, 5) is 16.9. The molecule has 0 saturated heterocycles. The fourth-order valence-corrected chi connectivity index (χ4v) is 4.63. The summed E-state index contributed by atoms with van der Waals surface area (Å²) in [5, 5.41) is 0.699. The lowest BCUT2D eigenvalue weighted by atomic mass is 10.1. The molecule has 0 radical (unpaired) electrons. The van der Waals surface area contributed by atoms with E-state index in [0.717, 1.165) is 34.7 Å². The third-order valence-electron chi connectivity index (χ3n) is 5.05. The Morgan fingerprint density at radius 2 is 2.10 bits per heavy atom. The summed E-state index contributed by atoms with van der Waals surface area (Å²) in [5.41, 5.74) is 3.70. The monoisotopic (exact) mass is 411 g/mol. The van der Waals surface area contributed by atoms with E-state index in [1.807, 2.05) is 31.2 Å². The molecule has 29 heavy (non-hydrogen) atoms. The van der Waals surface area contributed by atoms with Crippen LogP contribution in [0.1, 0.15) is 41.1 Å². The molecule has 1 atom stereocenters. The number of halogens is 1. The molecule has 0 amide bonds. The van der Waals surface area contributed by atoms with Crippen molar-refractivity contribution in [3.63, 3.8) is 0 Å². The minimum Gasteiger partial charge on any atom is -0.493 e. The molecule has 0 aliphatic heterocycles. The molecule has 1 heterocycles. The highest BCUT2D eigenvalue weighted by atomic mass is 32.1. The highest BCUT2D eigenvalue weighted by Gasteiger charge is 2.25. The predicted molar refractivity (Wildman–Crippen MR) is 111 cm³/mol. The molecule has 0 bridgehead atoms. The van der Waals surface area contributed by atoms with Crippen LogP contribution in [0.15, 0.2) is 42.5 Å². The fourth-order valence-electron chi connectivity index (χ4n) is 3.64. The third-order valence-corrected chi connectivity index (χ3v) is 6.10. The van der Waals surface area contributed by atoms with Gasteiger partial charge in [-0.1, -0.05) is 18.2 Å². The smallest absolute Gasteiger partial charge is 0.303 e. The normalized spacial score (nSPS) is 15.2. The number of aryl methyl sites for hydroxylation is 2. The molecule has 0 spiro atoms. The molecule has 1 aromatic heterocycles. The van der Waals surface area contributed by atoms with Crippen LogP contribution in [0.2, 0.25) is 0 Å². The second-order valence-corrected chi connectivity index (χ2v) is 8.30. The number of thiazole rings is 1. The van der Waals surface area contributed by atoms with Crippen molar-refractivity contribution in [2.24, 2.45) is 0 Å². The zero-order valence-corrected chi connectivity index (χ0v) is 17.2. The lowest BCUT2D eigenvalue weighted by Crippen LogP contribution is -2.05. The number of ether oxygens (including phenoxy) is 2. The van der Waals surface area contributed by atoms with E-state index in [-0.39, 0.29) is 17.9 Å². The van der Waals surface area contributed by atoms with Crippen LogP contribution in [0.3, 0.4) is 0 Å². The zero-order valence-electron chi connectivity index (χ0n) is 16.4. The number of rotatable bonds is 6. The van der Waals surface area contributed by atoms with Crippen molar-refractivity contribution in [3.05, 3.63) is 70.0 Å². The lowest BCUT2D eigenvalue weighted by Gasteiger charge is -2.12. The van der Waals surface area contributed by atoms with Crippen LogP contribution in [0.4, 0.5) is 4.39 Å². The van der Waals surface area contributed by atoms with E-state index in [9.17, 15) is 9.18 Å². The zero-order chi connectivity index (χ0) is 20.4. The maximum atomic E-state index is 14.0. The minimum absolute atomic E-state index is 0.147. The summed E-state index contributed by atoms with van der Waals surface area (Å²) in [7, 11) is 0. The highest BCUT2D eigenvalue weighted by Crippen LogP contribution is 2.36. The van der Waals surface area contributed by atoms with Gasteiger partial charge < -0.3 is 9.47 Å². The molecule has 3 aromatic rings. The number of hydrogen-bond acceptors (Lipinski definition) is 5. The number of carbonyl (C=O) groups excluding carboxylic acids is 1. The van der Waals surface area contributed by atoms with Crippen LogP contribution < -0.4 is 4.74 Å². The van der Waals surface area contributed by atoms with Gasteiger partial charge in [-0.3, -0.25) is 4.79 Å². The van der Waals surface area contributed by atoms with Gasteiger partial charge in [-0.15, -0.1) is 11.3 Å². The van der Waals surface area contributed by atoms with Crippen molar-refractivity contribution < 1.29 is 18.7 Å². The topological polar surface area (TPSA) is 48.4 Å². The second-order valence-electron chi connectivity index (χ2n) is 7.10. The van der Waals surface area contributed by atoms with Crippen LogP contribution in [-0.4, -0.2) is 17.6 Å². The summed E-state index contributed by atoms with van der Waals surface area (Å²) < 4.78 is 25.3. The molecule has 150 valence electrons. The Balaban J connectivity index is 1.39. The Morgan fingerprint density at radius 1 is 1.28 bits per heavy atom. The molecule has 2 aromatic carbocycles. The summed E-state index contributed by atoms with van der Waals surface area (Å²) in [6, 6.07) is 12.6. The van der Waals surface area contributed by atoms with Crippen molar-refractivity contribution >= 4 is 17.3 Å². The van der Waals surface area contributed by atoms with Crippen LogP contribution in [0.5, 0.6) is 5.75 Å². The number of benzene rings is 2. The second kappa shape index (κ2) is 8.33. The number of esters is 1. The maximum absolute atomic E-state index is 14.0. The maximum Gasteiger partial charge on any atom is 0.303 e. The average molecular weight is 411 g/mol. The van der Waals surface area contributed by atoms with Gasteiger partial charge in [-0.25, -0.2) is 9.37 Å². The Morgan fingerprint density at radius 3 is 2.90 bits per heavy atom. The van der Waals surface area contributed by atoms with E-state index < -0.39 is 0 Å². The Kier molecular flexibility index (Phi) is 5.62. The summed E-state index contributed by atoms with van der Waals surface area (Å²) >= 11 is 1.50. The van der Waals surface area contributed by atoms with Crippen LogP contribution >= 0.6 is 11.3 Å². The SMILES string of the molecule is CC(=O)OC1CCc2cc(OCCc3nc(-c4ccccc4F)sc3C)ccc21. The van der Waals surface area contributed by atoms with E-state index in [2.05, 4.69) is 4.98 Å². The molecular weight excluding hydrogens is 389 g/mol. The van der Waals surface area contributed by atoms with Crippen molar-refractivity contribution in [2.45, 2.75) is 39.2 Å². The van der Waals surface area contributed by atoms with E-state index in [1.54, 1.807) is 12.1 Å². The van der Waals surface area contributed by atoms with Crippen molar-refractivity contribution in [3.8, 4) is 16.3 Å². The number of nitrogens with zero attached hydrogens (tertiary/aromatic N) is 1. The van der Waals surface area contributed by atoms with Crippen LogP contribution in [0, 0.1) is 12.7 Å². The number of carbonyl (C=O) groups is 1. The largest absolute Gasteiger partial charge is 0.493 e. The molecule has 1 aliphatic carbocycles. The first-order valence-corrected chi connectivity index (χ1v) is 10.5. The van der Waals surface area contributed by atoms with Gasteiger partial charge in [0.2, 0.25) is 0 Å².